The van der Waals surface area contributed by atoms with E-state index in [1.54, 1.807) is 38.3 Å². The average molecular weight is 308 g/mol. The van der Waals surface area contributed by atoms with Crippen LogP contribution in [0.4, 0.5) is 0 Å². The highest BCUT2D eigenvalue weighted by Gasteiger charge is 2.24. The third-order valence-electron chi connectivity index (χ3n) is 3.16. The van der Waals surface area contributed by atoms with Crippen molar-refractivity contribution in [1.82, 2.24) is 10.6 Å². The molecule has 0 bridgehead atoms. The van der Waals surface area contributed by atoms with Crippen molar-refractivity contribution in [3.8, 4) is 5.75 Å². The Hall–Kier alpha value is -2.08. The smallest absolute Gasteiger partial charge is 0.251 e. The van der Waals surface area contributed by atoms with Crippen molar-refractivity contribution in [1.29, 1.82) is 0 Å². The molecule has 0 saturated heterocycles. The fourth-order valence-electron chi connectivity index (χ4n) is 1.86. The fourth-order valence-corrected chi connectivity index (χ4v) is 1.86. The summed E-state index contributed by atoms with van der Waals surface area (Å²) in [5.74, 6) is -0.0471. The predicted octanol–water partition coefficient (Wildman–Crippen LogP) is 0.947. The lowest BCUT2D eigenvalue weighted by Crippen LogP contribution is -2.50. The van der Waals surface area contributed by atoms with E-state index < -0.39 is 12.1 Å². The molecule has 0 aliphatic rings. The number of ether oxygens (including phenoxy) is 1. The Labute approximate surface area is 130 Å². The molecule has 0 saturated carbocycles. The minimum absolute atomic E-state index is 0.0730. The summed E-state index contributed by atoms with van der Waals surface area (Å²) in [6.07, 6.45) is -0.631. The van der Waals surface area contributed by atoms with Crippen LogP contribution in [0.15, 0.2) is 24.3 Å². The number of hydrogen-bond donors (Lipinski definition) is 3. The minimum Gasteiger partial charge on any atom is -0.497 e. The molecule has 0 heterocycles. The first-order valence-electron chi connectivity index (χ1n) is 7.25. The summed E-state index contributed by atoms with van der Waals surface area (Å²) in [6.45, 7) is 5.43. The van der Waals surface area contributed by atoms with E-state index in [1.807, 2.05) is 13.8 Å². The van der Waals surface area contributed by atoms with Crippen molar-refractivity contribution in [3.63, 3.8) is 0 Å². The summed E-state index contributed by atoms with van der Waals surface area (Å²) in [5.41, 5.74) is 0.453. The highest BCUT2D eigenvalue weighted by atomic mass is 16.5. The van der Waals surface area contributed by atoms with Crippen LogP contribution in [0, 0.1) is 5.92 Å². The number of amides is 2. The van der Waals surface area contributed by atoms with Crippen LogP contribution in [0.3, 0.4) is 0 Å². The SMILES string of the molecule is COc1ccc(C(=O)NC(C(=O)NCC(C)O)C(C)C)cc1. The molecular formula is C16H24N2O4. The molecule has 2 unspecified atom stereocenters. The molecular weight excluding hydrogens is 284 g/mol. The molecule has 0 aromatic heterocycles. The molecule has 1 aromatic carbocycles. The number of aliphatic hydroxyl groups is 1. The molecule has 1 rings (SSSR count). The summed E-state index contributed by atoms with van der Waals surface area (Å²) in [4.78, 5) is 24.3. The third-order valence-corrected chi connectivity index (χ3v) is 3.16. The minimum atomic E-state index is -0.659. The van der Waals surface area contributed by atoms with Gasteiger partial charge in [0.1, 0.15) is 11.8 Å². The lowest BCUT2D eigenvalue weighted by atomic mass is 10.0. The van der Waals surface area contributed by atoms with Gasteiger partial charge in [-0.25, -0.2) is 0 Å². The van der Waals surface area contributed by atoms with Gasteiger partial charge in [-0.15, -0.1) is 0 Å². The van der Waals surface area contributed by atoms with Gasteiger partial charge in [-0.2, -0.15) is 0 Å². The first-order chi connectivity index (χ1) is 10.3. The first-order valence-corrected chi connectivity index (χ1v) is 7.25. The Morgan fingerprint density at radius 1 is 1.18 bits per heavy atom. The predicted molar refractivity (Wildman–Crippen MR) is 83.8 cm³/mol. The Balaban J connectivity index is 2.72. The Kier molecular flexibility index (Phi) is 6.85. The number of benzene rings is 1. The van der Waals surface area contributed by atoms with Gasteiger partial charge in [0.25, 0.3) is 5.91 Å². The number of methoxy groups -OCH3 is 1. The van der Waals surface area contributed by atoms with Gasteiger partial charge in [0.05, 0.1) is 13.2 Å². The summed E-state index contributed by atoms with van der Waals surface area (Å²) >= 11 is 0. The largest absolute Gasteiger partial charge is 0.497 e. The molecule has 0 aliphatic carbocycles. The van der Waals surface area contributed by atoms with Crippen molar-refractivity contribution in [2.75, 3.05) is 13.7 Å². The quantitative estimate of drug-likeness (QED) is 0.700. The van der Waals surface area contributed by atoms with E-state index in [1.165, 1.54) is 0 Å². The van der Waals surface area contributed by atoms with Crippen molar-refractivity contribution in [2.24, 2.45) is 5.92 Å². The van der Waals surface area contributed by atoms with Gasteiger partial charge in [-0.1, -0.05) is 13.8 Å². The van der Waals surface area contributed by atoms with Crippen LogP contribution in [0.2, 0.25) is 0 Å². The number of rotatable bonds is 7. The molecule has 3 N–H and O–H groups in total. The molecule has 6 nitrogen and oxygen atoms in total. The maximum atomic E-state index is 12.2. The van der Waals surface area contributed by atoms with Gasteiger partial charge >= 0.3 is 0 Å². The number of carbonyl (C=O) groups is 2. The lowest BCUT2D eigenvalue weighted by molar-refractivity contribution is -0.124. The number of hydrogen-bond acceptors (Lipinski definition) is 4. The first kappa shape index (κ1) is 18.0. The maximum Gasteiger partial charge on any atom is 0.251 e. The molecule has 2 amide bonds. The summed E-state index contributed by atoms with van der Waals surface area (Å²) in [5, 5.41) is 14.6. The summed E-state index contributed by atoms with van der Waals surface area (Å²) in [6, 6.07) is 5.99. The zero-order valence-corrected chi connectivity index (χ0v) is 13.4. The Morgan fingerprint density at radius 2 is 1.77 bits per heavy atom. The average Bonchev–Trinajstić information content (AvgIpc) is 2.49. The van der Waals surface area contributed by atoms with Crippen LogP contribution in [-0.2, 0) is 4.79 Å². The van der Waals surface area contributed by atoms with Crippen molar-refractivity contribution in [2.45, 2.75) is 32.9 Å². The van der Waals surface area contributed by atoms with Crippen LogP contribution >= 0.6 is 0 Å². The van der Waals surface area contributed by atoms with Gasteiger partial charge in [0, 0.05) is 12.1 Å². The van der Waals surface area contributed by atoms with E-state index in [0.717, 1.165) is 0 Å². The van der Waals surface area contributed by atoms with E-state index in [9.17, 15) is 14.7 Å². The summed E-state index contributed by atoms with van der Waals surface area (Å²) < 4.78 is 5.04. The van der Waals surface area contributed by atoms with Gasteiger partial charge in [0.2, 0.25) is 5.91 Å². The van der Waals surface area contributed by atoms with E-state index in [4.69, 9.17) is 4.74 Å². The van der Waals surface area contributed by atoms with Crippen LogP contribution in [0.5, 0.6) is 5.75 Å². The molecule has 0 radical (unpaired) electrons. The second-order valence-corrected chi connectivity index (χ2v) is 5.52. The molecule has 22 heavy (non-hydrogen) atoms. The van der Waals surface area contributed by atoms with Gasteiger partial charge in [-0.3, -0.25) is 9.59 Å². The number of nitrogens with one attached hydrogen (secondary N) is 2. The molecule has 1 aromatic rings. The molecule has 2 atom stereocenters. The van der Waals surface area contributed by atoms with Gasteiger partial charge in [0.15, 0.2) is 0 Å². The standard InChI is InChI=1S/C16H24N2O4/c1-10(2)14(16(21)17-9-11(3)19)18-15(20)12-5-7-13(22-4)8-6-12/h5-8,10-11,14,19H,9H2,1-4H3,(H,17,21)(H,18,20). The Bertz CT molecular complexity index is 497. The van der Waals surface area contributed by atoms with Gasteiger partial charge in [-0.05, 0) is 37.1 Å². The topological polar surface area (TPSA) is 87.7 Å². The fraction of sp³-hybridized carbons (Fsp3) is 0.500. The van der Waals surface area contributed by atoms with Crippen molar-refractivity contribution < 1.29 is 19.4 Å². The highest BCUT2D eigenvalue weighted by molar-refractivity contribution is 5.97. The van der Waals surface area contributed by atoms with E-state index in [2.05, 4.69) is 10.6 Å². The third kappa shape index (κ3) is 5.37. The van der Waals surface area contributed by atoms with Crippen LogP contribution in [-0.4, -0.2) is 42.7 Å². The Morgan fingerprint density at radius 3 is 2.23 bits per heavy atom. The molecule has 122 valence electrons. The van der Waals surface area contributed by atoms with Crippen molar-refractivity contribution >= 4 is 11.8 Å². The van der Waals surface area contributed by atoms with Crippen LogP contribution < -0.4 is 15.4 Å². The van der Waals surface area contributed by atoms with Crippen LogP contribution in [0.1, 0.15) is 31.1 Å². The maximum absolute atomic E-state index is 12.2. The second-order valence-electron chi connectivity index (χ2n) is 5.52. The molecule has 0 spiro atoms. The zero-order valence-electron chi connectivity index (χ0n) is 13.4. The van der Waals surface area contributed by atoms with Crippen molar-refractivity contribution in [3.05, 3.63) is 29.8 Å². The number of aliphatic hydroxyl groups excluding tert-OH is 1. The molecule has 0 aliphatic heterocycles. The highest BCUT2D eigenvalue weighted by Crippen LogP contribution is 2.12. The summed E-state index contributed by atoms with van der Waals surface area (Å²) in [7, 11) is 1.55. The van der Waals surface area contributed by atoms with Crippen LogP contribution in [0.25, 0.3) is 0 Å². The molecule has 0 fully saturated rings. The zero-order chi connectivity index (χ0) is 16.7. The second kappa shape index (κ2) is 8.38. The number of carbonyl (C=O) groups excluding carboxylic acids is 2. The van der Waals surface area contributed by atoms with E-state index in [0.29, 0.717) is 11.3 Å². The normalized spacial score (nSPS) is 13.4. The van der Waals surface area contributed by atoms with E-state index >= 15 is 0 Å². The molecule has 6 heteroatoms. The van der Waals surface area contributed by atoms with Gasteiger partial charge < -0.3 is 20.5 Å². The lowest BCUT2D eigenvalue weighted by Gasteiger charge is -2.22. The monoisotopic (exact) mass is 308 g/mol. The van der Waals surface area contributed by atoms with E-state index in [-0.39, 0.29) is 24.3 Å².